The van der Waals surface area contributed by atoms with E-state index in [0.29, 0.717) is 31.7 Å². The second kappa shape index (κ2) is 8.06. The quantitative estimate of drug-likeness (QED) is 0.857. The van der Waals surface area contributed by atoms with E-state index in [2.05, 4.69) is 5.32 Å². The third-order valence-corrected chi connectivity index (χ3v) is 4.27. The average Bonchev–Trinajstić information content (AvgIpc) is 2.58. The van der Waals surface area contributed by atoms with Gasteiger partial charge in [-0.2, -0.15) is 0 Å². The van der Waals surface area contributed by atoms with Gasteiger partial charge in [0.15, 0.2) is 0 Å². The summed E-state index contributed by atoms with van der Waals surface area (Å²) in [5.74, 6) is -1.08. The van der Waals surface area contributed by atoms with Crippen molar-refractivity contribution >= 4 is 11.8 Å². The van der Waals surface area contributed by atoms with E-state index in [1.165, 1.54) is 12.1 Å². The minimum Gasteiger partial charge on any atom is -0.355 e. The van der Waals surface area contributed by atoms with E-state index in [1.807, 2.05) is 0 Å². The topological polar surface area (TPSA) is 75.4 Å². The van der Waals surface area contributed by atoms with Crippen LogP contribution in [0.1, 0.15) is 31.2 Å². The number of benzene rings is 1. The van der Waals surface area contributed by atoms with Gasteiger partial charge < -0.3 is 16.0 Å². The standard InChI is InChI=1S/C17H24FN3O2/c1-12(13-4-2-6-15(18)10-13)17(23)21-9-3-5-14(11-21)16(22)20-8-7-19/h2,4,6,10,12,14H,3,5,7-9,11,19H2,1H3,(H,20,22). The predicted molar refractivity (Wildman–Crippen MR) is 86.2 cm³/mol. The molecule has 2 rings (SSSR count). The number of rotatable bonds is 5. The number of nitrogens with zero attached hydrogens (tertiary/aromatic N) is 1. The maximum Gasteiger partial charge on any atom is 0.229 e. The molecule has 0 spiro atoms. The number of hydrogen-bond acceptors (Lipinski definition) is 3. The molecule has 1 aliphatic heterocycles. The summed E-state index contributed by atoms with van der Waals surface area (Å²) in [4.78, 5) is 26.4. The maximum absolute atomic E-state index is 13.3. The lowest BCUT2D eigenvalue weighted by atomic mass is 9.94. The van der Waals surface area contributed by atoms with Gasteiger partial charge in [-0.3, -0.25) is 9.59 Å². The molecule has 2 atom stereocenters. The molecule has 0 saturated carbocycles. The summed E-state index contributed by atoms with van der Waals surface area (Å²) >= 11 is 0. The minimum atomic E-state index is -0.420. The van der Waals surface area contributed by atoms with Crippen LogP contribution in [0, 0.1) is 11.7 Å². The molecule has 1 heterocycles. The van der Waals surface area contributed by atoms with Gasteiger partial charge in [0.1, 0.15) is 5.82 Å². The number of piperidine rings is 1. The molecule has 3 N–H and O–H groups in total. The summed E-state index contributed by atoms with van der Waals surface area (Å²) in [6.07, 6.45) is 1.57. The highest BCUT2D eigenvalue weighted by Crippen LogP contribution is 2.23. The number of carbonyl (C=O) groups excluding carboxylic acids is 2. The average molecular weight is 321 g/mol. The van der Waals surface area contributed by atoms with Gasteiger partial charge in [0.2, 0.25) is 11.8 Å². The highest BCUT2D eigenvalue weighted by Gasteiger charge is 2.30. The summed E-state index contributed by atoms with van der Waals surface area (Å²) in [5.41, 5.74) is 6.05. The zero-order valence-corrected chi connectivity index (χ0v) is 13.4. The van der Waals surface area contributed by atoms with Crippen molar-refractivity contribution < 1.29 is 14.0 Å². The van der Waals surface area contributed by atoms with E-state index in [9.17, 15) is 14.0 Å². The molecule has 1 fully saturated rings. The van der Waals surface area contributed by atoms with Gasteiger partial charge in [-0.25, -0.2) is 4.39 Å². The molecule has 2 amide bonds. The van der Waals surface area contributed by atoms with Crippen molar-refractivity contribution in [2.45, 2.75) is 25.7 Å². The lowest BCUT2D eigenvalue weighted by Crippen LogP contribution is -2.47. The van der Waals surface area contributed by atoms with Crippen LogP contribution in [-0.4, -0.2) is 42.9 Å². The molecule has 1 aliphatic rings. The zero-order chi connectivity index (χ0) is 16.8. The summed E-state index contributed by atoms with van der Waals surface area (Å²) in [6.45, 7) is 3.67. The highest BCUT2D eigenvalue weighted by atomic mass is 19.1. The molecule has 1 aromatic carbocycles. The Morgan fingerprint density at radius 3 is 2.96 bits per heavy atom. The Morgan fingerprint density at radius 2 is 2.26 bits per heavy atom. The second-order valence-electron chi connectivity index (χ2n) is 5.98. The Hall–Kier alpha value is -1.95. The molecular formula is C17H24FN3O2. The number of carbonyl (C=O) groups is 2. The Morgan fingerprint density at radius 1 is 1.48 bits per heavy atom. The van der Waals surface area contributed by atoms with Gasteiger partial charge in [0, 0.05) is 26.2 Å². The first kappa shape index (κ1) is 17.4. The summed E-state index contributed by atoms with van der Waals surface area (Å²) in [5, 5.41) is 2.78. The molecule has 126 valence electrons. The first-order valence-corrected chi connectivity index (χ1v) is 8.05. The summed E-state index contributed by atoms with van der Waals surface area (Å²) in [7, 11) is 0. The van der Waals surface area contributed by atoms with Gasteiger partial charge >= 0.3 is 0 Å². The van der Waals surface area contributed by atoms with Crippen LogP contribution in [0.15, 0.2) is 24.3 Å². The van der Waals surface area contributed by atoms with Gasteiger partial charge in [-0.05, 0) is 37.5 Å². The molecular weight excluding hydrogens is 297 g/mol. The first-order chi connectivity index (χ1) is 11.0. The largest absolute Gasteiger partial charge is 0.355 e. The maximum atomic E-state index is 13.3. The molecule has 0 aliphatic carbocycles. The second-order valence-corrected chi connectivity index (χ2v) is 5.98. The molecule has 2 unspecified atom stereocenters. The summed E-state index contributed by atoms with van der Waals surface area (Å²) in [6, 6.07) is 6.10. The SMILES string of the molecule is CC(C(=O)N1CCCC(C(=O)NCCN)C1)c1cccc(F)c1. The molecule has 5 nitrogen and oxygen atoms in total. The van der Waals surface area contributed by atoms with Gasteiger partial charge in [-0.1, -0.05) is 12.1 Å². The van der Waals surface area contributed by atoms with Crippen molar-refractivity contribution in [3.05, 3.63) is 35.6 Å². The van der Waals surface area contributed by atoms with Crippen LogP contribution in [0.3, 0.4) is 0 Å². The van der Waals surface area contributed by atoms with Gasteiger partial charge in [0.05, 0.1) is 11.8 Å². The van der Waals surface area contributed by atoms with Crippen LogP contribution in [0.4, 0.5) is 4.39 Å². The Labute approximate surface area is 136 Å². The molecule has 23 heavy (non-hydrogen) atoms. The highest BCUT2D eigenvalue weighted by molar-refractivity contribution is 5.85. The van der Waals surface area contributed by atoms with E-state index in [4.69, 9.17) is 5.73 Å². The van der Waals surface area contributed by atoms with E-state index >= 15 is 0 Å². The molecule has 0 bridgehead atoms. The van der Waals surface area contributed by atoms with Crippen LogP contribution >= 0.6 is 0 Å². The number of hydrogen-bond donors (Lipinski definition) is 2. The minimum absolute atomic E-state index is 0.0497. The van der Waals surface area contributed by atoms with Gasteiger partial charge in [-0.15, -0.1) is 0 Å². The fourth-order valence-corrected chi connectivity index (χ4v) is 2.92. The van der Waals surface area contributed by atoms with E-state index in [1.54, 1.807) is 24.0 Å². The fraction of sp³-hybridized carbons (Fsp3) is 0.529. The third-order valence-electron chi connectivity index (χ3n) is 4.27. The van der Waals surface area contributed by atoms with E-state index in [0.717, 1.165) is 12.8 Å². The van der Waals surface area contributed by atoms with E-state index < -0.39 is 5.92 Å². The first-order valence-electron chi connectivity index (χ1n) is 8.05. The van der Waals surface area contributed by atoms with Crippen LogP contribution in [-0.2, 0) is 9.59 Å². The zero-order valence-electron chi connectivity index (χ0n) is 13.4. The number of amides is 2. The van der Waals surface area contributed by atoms with Crippen molar-refractivity contribution in [3.63, 3.8) is 0 Å². The Kier molecular flexibility index (Phi) is 6.10. The number of nitrogens with two attached hydrogens (primary N) is 1. The predicted octanol–water partition coefficient (Wildman–Crippen LogP) is 1.24. The van der Waals surface area contributed by atoms with Gasteiger partial charge in [0.25, 0.3) is 0 Å². The van der Waals surface area contributed by atoms with Crippen LogP contribution in [0.2, 0.25) is 0 Å². The van der Waals surface area contributed by atoms with E-state index in [-0.39, 0.29) is 23.5 Å². The third kappa shape index (κ3) is 4.51. The van der Waals surface area contributed by atoms with Crippen molar-refractivity contribution in [1.82, 2.24) is 10.2 Å². The van der Waals surface area contributed by atoms with Crippen molar-refractivity contribution in [1.29, 1.82) is 0 Å². The number of nitrogens with one attached hydrogen (secondary N) is 1. The lowest BCUT2D eigenvalue weighted by molar-refractivity contribution is -0.136. The van der Waals surface area contributed by atoms with Crippen LogP contribution in [0.5, 0.6) is 0 Å². The number of likely N-dealkylation sites (tertiary alicyclic amines) is 1. The van der Waals surface area contributed by atoms with Crippen LogP contribution in [0.25, 0.3) is 0 Å². The lowest BCUT2D eigenvalue weighted by Gasteiger charge is -2.33. The fourth-order valence-electron chi connectivity index (χ4n) is 2.92. The van der Waals surface area contributed by atoms with Crippen molar-refractivity contribution in [2.24, 2.45) is 11.7 Å². The van der Waals surface area contributed by atoms with Crippen LogP contribution < -0.4 is 11.1 Å². The van der Waals surface area contributed by atoms with Crippen molar-refractivity contribution in [3.8, 4) is 0 Å². The molecule has 0 aromatic heterocycles. The molecule has 6 heteroatoms. The molecule has 1 saturated heterocycles. The van der Waals surface area contributed by atoms with Crippen molar-refractivity contribution in [2.75, 3.05) is 26.2 Å². The number of halogens is 1. The summed E-state index contributed by atoms with van der Waals surface area (Å²) < 4.78 is 13.3. The monoisotopic (exact) mass is 321 g/mol. The Balaban J connectivity index is 2.00. The Bertz CT molecular complexity index is 565. The smallest absolute Gasteiger partial charge is 0.229 e. The molecule has 0 radical (unpaired) electrons. The normalized spacial score (nSPS) is 19.3. The molecule has 1 aromatic rings.